The van der Waals surface area contributed by atoms with Gasteiger partial charge < -0.3 is 14.8 Å². The van der Waals surface area contributed by atoms with Crippen molar-refractivity contribution in [2.75, 3.05) is 19.8 Å². The summed E-state index contributed by atoms with van der Waals surface area (Å²) in [6.45, 7) is 11.7. The van der Waals surface area contributed by atoms with Crippen LogP contribution in [-0.4, -0.2) is 25.4 Å². The molecule has 21 heavy (non-hydrogen) atoms. The second-order valence-electron chi connectivity index (χ2n) is 6.42. The van der Waals surface area contributed by atoms with Gasteiger partial charge in [-0.1, -0.05) is 31.9 Å². The van der Waals surface area contributed by atoms with Crippen LogP contribution in [0.1, 0.15) is 52.5 Å². The standard InChI is InChI=1S/C18H31NO2/c1-5-6-7-11-20-12-13-21-17-10-8-9-16(14-17)15-19-18(2,3)4/h8-10,14,19H,5-7,11-13,15H2,1-4H3. The monoisotopic (exact) mass is 293 g/mol. The molecule has 0 saturated carbocycles. The molecule has 3 nitrogen and oxygen atoms in total. The zero-order chi connectivity index (χ0) is 15.6. The predicted molar refractivity (Wildman–Crippen MR) is 88.9 cm³/mol. The Kier molecular flexibility index (Phi) is 8.40. The average Bonchev–Trinajstić information content (AvgIpc) is 2.44. The molecule has 1 aromatic rings. The maximum absolute atomic E-state index is 5.73. The van der Waals surface area contributed by atoms with Gasteiger partial charge >= 0.3 is 0 Å². The Hall–Kier alpha value is -1.06. The lowest BCUT2D eigenvalue weighted by molar-refractivity contribution is 0.0973. The highest BCUT2D eigenvalue weighted by atomic mass is 16.5. The third kappa shape index (κ3) is 9.48. The lowest BCUT2D eigenvalue weighted by atomic mass is 10.1. The molecule has 1 aromatic carbocycles. The first-order valence-electron chi connectivity index (χ1n) is 8.06. The molecule has 0 atom stereocenters. The lowest BCUT2D eigenvalue weighted by Gasteiger charge is -2.20. The van der Waals surface area contributed by atoms with E-state index in [1.165, 1.54) is 18.4 Å². The van der Waals surface area contributed by atoms with E-state index in [-0.39, 0.29) is 5.54 Å². The number of hydrogen-bond donors (Lipinski definition) is 1. The van der Waals surface area contributed by atoms with Crippen LogP contribution in [0.2, 0.25) is 0 Å². The minimum absolute atomic E-state index is 0.128. The molecule has 0 aromatic heterocycles. The van der Waals surface area contributed by atoms with Gasteiger partial charge in [0, 0.05) is 18.7 Å². The molecule has 0 radical (unpaired) electrons. The summed E-state index contributed by atoms with van der Waals surface area (Å²) in [6.07, 6.45) is 3.61. The van der Waals surface area contributed by atoms with Crippen molar-refractivity contribution in [3.05, 3.63) is 29.8 Å². The molecule has 0 aliphatic carbocycles. The number of hydrogen-bond acceptors (Lipinski definition) is 3. The number of unbranched alkanes of at least 4 members (excludes halogenated alkanes) is 2. The van der Waals surface area contributed by atoms with Crippen LogP contribution >= 0.6 is 0 Å². The van der Waals surface area contributed by atoms with Crippen LogP contribution in [-0.2, 0) is 11.3 Å². The van der Waals surface area contributed by atoms with E-state index >= 15 is 0 Å². The Morgan fingerprint density at radius 3 is 2.57 bits per heavy atom. The van der Waals surface area contributed by atoms with Crippen molar-refractivity contribution in [1.29, 1.82) is 0 Å². The summed E-state index contributed by atoms with van der Waals surface area (Å²) in [4.78, 5) is 0. The fourth-order valence-corrected chi connectivity index (χ4v) is 1.89. The molecular weight excluding hydrogens is 262 g/mol. The van der Waals surface area contributed by atoms with Crippen LogP contribution in [0.25, 0.3) is 0 Å². The van der Waals surface area contributed by atoms with Crippen LogP contribution in [0, 0.1) is 0 Å². The minimum atomic E-state index is 0.128. The number of ether oxygens (including phenoxy) is 2. The summed E-state index contributed by atoms with van der Waals surface area (Å²) in [5, 5.41) is 3.48. The average molecular weight is 293 g/mol. The molecule has 0 heterocycles. The summed E-state index contributed by atoms with van der Waals surface area (Å²) in [6, 6.07) is 8.25. The van der Waals surface area contributed by atoms with Crippen LogP contribution in [0.4, 0.5) is 0 Å². The molecule has 0 spiro atoms. The molecule has 0 aliphatic rings. The predicted octanol–water partition coefficient (Wildman–Crippen LogP) is 4.16. The summed E-state index contributed by atoms with van der Waals surface area (Å²) < 4.78 is 11.3. The van der Waals surface area contributed by atoms with Gasteiger partial charge in [-0.25, -0.2) is 0 Å². The van der Waals surface area contributed by atoms with Crippen molar-refractivity contribution in [2.45, 2.75) is 59.0 Å². The van der Waals surface area contributed by atoms with E-state index in [0.717, 1.165) is 25.3 Å². The molecule has 1 N–H and O–H groups in total. The molecule has 3 heteroatoms. The van der Waals surface area contributed by atoms with Gasteiger partial charge in [0.15, 0.2) is 0 Å². The van der Waals surface area contributed by atoms with Crippen molar-refractivity contribution in [3.63, 3.8) is 0 Å². The number of benzene rings is 1. The van der Waals surface area contributed by atoms with E-state index in [1.807, 2.05) is 12.1 Å². The van der Waals surface area contributed by atoms with E-state index < -0.39 is 0 Å². The third-order valence-corrected chi connectivity index (χ3v) is 3.11. The summed E-state index contributed by atoms with van der Waals surface area (Å²) in [5.41, 5.74) is 1.37. The number of nitrogens with one attached hydrogen (secondary N) is 1. The Bertz CT molecular complexity index is 385. The van der Waals surface area contributed by atoms with Gasteiger partial charge in [-0.3, -0.25) is 0 Å². The third-order valence-electron chi connectivity index (χ3n) is 3.11. The SMILES string of the molecule is CCCCCOCCOc1cccc(CNC(C)(C)C)c1. The van der Waals surface area contributed by atoms with Gasteiger partial charge in [-0.2, -0.15) is 0 Å². The van der Waals surface area contributed by atoms with Gasteiger partial charge in [0.1, 0.15) is 12.4 Å². The minimum Gasteiger partial charge on any atom is -0.491 e. The molecule has 1 rings (SSSR count). The first-order valence-corrected chi connectivity index (χ1v) is 8.06. The van der Waals surface area contributed by atoms with Crippen LogP contribution in [0.5, 0.6) is 5.75 Å². The molecule has 120 valence electrons. The second-order valence-corrected chi connectivity index (χ2v) is 6.42. The molecule has 0 saturated heterocycles. The fourth-order valence-electron chi connectivity index (χ4n) is 1.89. The highest BCUT2D eigenvalue weighted by Gasteiger charge is 2.08. The summed E-state index contributed by atoms with van der Waals surface area (Å²) in [5.74, 6) is 0.917. The van der Waals surface area contributed by atoms with Crippen LogP contribution < -0.4 is 10.1 Å². The van der Waals surface area contributed by atoms with E-state index in [0.29, 0.717) is 13.2 Å². The first kappa shape index (κ1) is 18.0. The van der Waals surface area contributed by atoms with Crippen LogP contribution in [0.15, 0.2) is 24.3 Å². The molecule has 0 fully saturated rings. The smallest absolute Gasteiger partial charge is 0.119 e. The normalized spacial score (nSPS) is 11.6. The highest BCUT2D eigenvalue weighted by molar-refractivity contribution is 5.28. The van der Waals surface area contributed by atoms with Crippen molar-refractivity contribution >= 4 is 0 Å². The van der Waals surface area contributed by atoms with Crippen molar-refractivity contribution in [1.82, 2.24) is 5.32 Å². The Labute approximate surface area is 130 Å². The largest absolute Gasteiger partial charge is 0.491 e. The first-order chi connectivity index (χ1) is 10.0. The van der Waals surface area contributed by atoms with E-state index in [2.05, 4.69) is 45.1 Å². The lowest BCUT2D eigenvalue weighted by Crippen LogP contribution is -2.35. The van der Waals surface area contributed by atoms with Gasteiger partial charge in [0.25, 0.3) is 0 Å². The van der Waals surface area contributed by atoms with E-state index in [9.17, 15) is 0 Å². The molecular formula is C18H31NO2. The van der Waals surface area contributed by atoms with E-state index in [1.54, 1.807) is 0 Å². The van der Waals surface area contributed by atoms with E-state index in [4.69, 9.17) is 9.47 Å². The highest BCUT2D eigenvalue weighted by Crippen LogP contribution is 2.14. The summed E-state index contributed by atoms with van der Waals surface area (Å²) in [7, 11) is 0. The maximum atomic E-state index is 5.73. The molecule has 0 bridgehead atoms. The zero-order valence-corrected chi connectivity index (χ0v) is 14.1. The quantitative estimate of drug-likeness (QED) is 0.657. The fraction of sp³-hybridized carbons (Fsp3) is 0.667. The molecule has 0 aliphatic heterocycles. The second kappa shape index (κ2) is 9.80. The van der Waals surface area contributed by atoms with Crippen molar-refractivity contribution in [3.8, 4) is 5.75 Å². The summed E-state index contributed by atoms with van der Waals surface area (Å²) >= 11 is 0. The van der Waals surface area contributed by atoms with Crippen molar-refractivity contribution < 1.29 is 9.47 Å². The van der Waals surface area contributed by atoms with Crippen LogP contribution in [0.3, 0.4) is 0 Å². The Morgan fingerprint density at radius 2 is 1.86 bits per heavy atom. The van der Waals surface area contributed by atoms with Gasteiger partial charge in [-0.05, 0) is 44.9 Å². The zero-order valence-electron chi connectivity index (χ0n) is 14.1. The van der Waals surface area contributed by atoms with Crippen molar-refractivity contribution in [2.24, 2.45) is 0 Å². The Morgan fingerprint density at radius 1 is 1.05 bits per heavy atom. The Balaban J connectivity index is 2.23. The molecule has 0 unspecified atom stereocenters. The van der Waals surface area contributed by atoms with Gasteiger partial charge in [0.2, 0.25) is 0 Å². The maximum Gasteiger partial charge on any atom is 0.119 e. The topological polar surface area (TPSA) is 30.5 Å². The molecule has 0 amide bonds. The van der Waals surface area contributed by atoms with Gasteiger partial charge in [-0.15, -0.1) is 0 Å². The van der Waals surface area contributed by atoms with Gasteiger partial charge in [0.05, 0.1) is 6.61 Å². The number of rotatable bonds is 10.